The zero-order valence-electron chi connectivity index (χ0n) is 29.1. The summed E-state index contributed by atoms with van der Waals surface area (Å²) < 4.78 is 14.9. The first-order valence-corrected chi connectivity index (χ1v) is 18.1. The van der Waals surface area contributed by atoms with Gasteiger partial charge in [0.1, 0.15) is 16.7 Å². The molecule has 8 aromatic carbocycles. The van der Waals surface area contributed by atoms with E-state index in [-0.39, 0.29) is 0 Å². The van der Waals surface area contributed by atoms with E-state index in [0.717, 1.165) is 78.0 Å². The Morgan fingerprint density at radius 3 is 1.89 bits per heavy atom. The number of para-hydroxylation sites is 3. The maximum atomic E-state index is 6.32. The minimum Gasteiger partial charge on any atom is -0.456 e. The van der Waals surface area contributed by atoms with E-state index in [0.29, 0.717) is 5.89 Å². The Hall–Kier alpha value is -7.37. The van der Waals surface area contributed by atoms with Crippen molar-refractivity contribution in [3.63, 3.8) is 0 Å². The van der Waals surface area contributed by atoms with E-state index >= 15 is 0 Å². The summed E-state index contributed by atoms with van der Waals surface area (Å²) in [6.45, 7) is 0. The van der Waals surface area contributed by atoms with E-state index in [1.165, 1.54) is 16.3 Å². The van der Waals surface area contributed by atoms with Gasteiger partial charge >= 0.3 is 0 Å². The molecule has 0 spiro atoms. The fourth-order valence-electron chi connectivity index (χ4n) is 7.99. The molecule has 0 bridgehead atoms. The van der Waals surface area contributed by atoms with Crippen LogP contribution in [-0.4, -0.2) is 9.55 Å². The summed E-state index contributed by atoms with van der Waals surface area (Å²) in [6.07, 6.45) is 0. The molecule has 0 saturated heterocycles. The van der Waals surface area contributed by atoms with Crippen molar-refractivity contribution >= 4 is 71.9 Å². The second-order valence-corrected chi connectivity index (χ2v) is 13.6. The van der Waals surface area contributed by atoms with Crippen LogP contribution in [0.1, 0.15) is 0 Å². The molecule has 54 heavy (non-hydrogen) atoms. The minimum atomic E-state index is 0.600. The number of nitrogens with zero attached hydrogens (tertiary/aromatic N) is 3. The van der Waals surface area contributed by atoms with Crippen LogP contribution >= 0.6 is 0 Å². The van der Waals surface area contributed by atoms with Gasteiger partial charge in [-0.1, -0.05) is 97.1 Å². The van der Waals surface area contributed by atoms with Gasteiger partial charge in [0.25, 0.3) is 0 Å². The SMILES string of the molecule is c1ccc(-c2nc3c(ccc4oc5ccc(-c6ccc(N(c7ccccc7)c7cccc8c7c7ccccc7n8-c7ccccc7)cc6)cc5c43)o2)cc1. The van der Waals surface area contributed by atoms with Gasteiger partial charge in [-0.15, -0.1) is 0 Å². The average Bonchev–Trinajstić information content (AvgIpc) is 3.94. The summed E-state index contributed by atoms with van der Waals surface area (Å²) in [6, 6.07) is 65.7. The lowest BCUT2D eigenvalue weighted by Crippen LogP contribution is -2.10. The van der Waals surface area contributed by atoms with Crippen LogP contribution in [0.5, 0.6) is 0 Å². The van der Waals surface area contributed by atoms with Crippen molar-refractivity contribution in [2.75, 3.05) is 4.90 Å². The summed E-state index contributed by atoms with van der Waals surface area (Å²) in [5.74, 6) is 0.600. The molecule has 0 amide bonds. The molecule has 5 heteroatoms. The highest BCUT2D eigenvalue weighted by molar-refractivity contribution is 6.18. The van der Waals surface area contributed by atoms with Crippen molar-refractivity contribution in [2.45, 2.75) is 0 Å². The van der Waals surface area contributed by atoms with Gasteiger partial charge in [-0.05, 0) is 102 Å². The predicted molar refractivity (Wildman–Crippen MR) is 221 cm³/mol. The zero-order valence-corrected chi connectivity index (χ0v) is 29.1. The number of rotatable bonds is 6. The molecule has 0 aliphatic rings. The molecule has 0 N–H and O–H groups in total. The Kier molecular flexibility index (Phi) is 6.79. The number of furan rings is 1. The number of hydrogen-bond donors (Lipinski definition) is 0. The number of aromatic nitrogens is 2. The topological polar surface area (TPSA) is 47.3 Å². The van der Waals surface area contributed by atoms with Crippen molar-refractivity contribution in [3.05, 3.63) is 188 Å². The molecule has 0 fully saturated rings. The average molecular weight is 694 g/mol. The molecule has 254 valence electrons. The van der Waals surface area contributed by atoms with Crippen LogP contribution in [0.15, 0.2) is 197 Å². The van der Waals surface area contributed by atoms with E-state index in [4.69, 9.17) is 13.8 Å². The van der Waals surface area contributed by atoms with Gasteiger partial charge in [-0.2, -0.15) is 0 Å². The van der Waals surface area contributed by atoms with Crippen LogP contribution in [0.4, 0.5) is 17.1 Å². The van der Waals surface area contributed by atoms with Crippen molar-refractivity contribution in [1.29, 1.82) is 0 Å². The van der Waals surface area contributed by atoms with Crippen molar-refractivity contribution in [2.24, 2.45) is 0 Å². The molecule has 11 aromatic rings. The minimum absolute atomic E-state index is 0.600. The highest BCUT2D eigenvalue weighted by Gasteiger charge is 2.21. The standard InChI is InChI=1S/C49H31N3O2/c1-4-13-33(14-5-1)49-50-48-45(54-49)30-29-44-47(48)39-31-34(25-28-43(39)53-44)32-23-26-37(27-24-32)51(35-15-6-2-7-16-35)41-21-12-22-42-46(41)38-19-10-11-20-40(38)52(42)36-17-8-3-9-18-36/h1-31H. The molecule has 11 rings (SSSR count). The smallest absolute Gasteiger partial charge is 0.227 e. The second-order valence-electron chi connectivity index (χ2n) is 13.6. The van der Waals surface area contributed by atoms with Gasteiger partial charge in [-0.25, -0.2) is 4.98 Å². The number of hydrogen-bond acceptors (Lipinski definition) is 4. The Balaban J connectivity index is 1.04. The van der Waals surface area contributed by atoms with Crippen molar-refractivity contribution < 1.29 is 8.83 Å². The fourth-order valence-corrected chi connectivity index (χ4v) is 7.99. The number of anilines is 3. The Morgan fingerprint density at radius 2 is 1.07 bits per heavy atom. The fraction of sp³-hybridized carbons (Fsp3) is 0. The van der Waals surface area contributed by atoms with Gasteiger partial charge in [0.2, 0.25) is 5.89 Å². The van der Waals surface area contributed by atoms with E-state index < -0.39 is 0 Å². The van der Waals surface area contributed by atoms with E-state index in [2.05, 4.69) is 155 Å². The molecule has 0 atom stereocenters. The second kappa shape index (κ2) is 12.1. The van der Waals surface area contributed by atoms with E-state index in [9.17, 15) is 0 Å². The Bertz CT molecular complexity index is 3140. The predicted octanol–water partition coefficient (Wildman–Crippen LogP) is 13.6. The van der Waals surface area contributed by atoms with Crippen molar-refractivity contribution in [3.8, 4) is 28.3 Å². The van der Waals surface area contributed by atoms with Gasteiger partial charge in [-0.3, -0.25) is 0 Å². The number of oxazole rings is 1. The molecular weight excluding hydrogens is 663 g/mol. The molecule has 0 unspecified atom stereocenters. The lowest BCUT2D eigenvalue weighted by atomic mass is 10.0. The normalized spacial score (nSPS) is 11.7. The molecule has 5 nitrogen and oxygen atoms in total. The van der Waals surface area contributed by atoms with Crippen LogP contribution in [0.25, 0.3) is 83.1 Å². The summed E-state index contributed by atoms with van der Waals surface area (Å²) in [5, 5.41) is 4.39. The summed E-state index contributed by atoms with van der Waals surface area (Å²) >= 11 is 0. The first-order valence-electron chi connectivity index (χ1n) is 18.1. The zero-order chi connectivity index (χ0) is 35.6. The lowest BCUT2D eigenvalue weighted by molar-refractivity contribution is 0.619. The Morgan fingerprint density at radius 1 is 0.426 bits per heavy atom. The van der Waals surface area contributed by atoms with Crippen LogP contribution in [-0.2, 0) is 0 Å². The van der Waals surface area contributed by atoms with Crippen LogP contribution in [0.3, 0.4) is 0 Å². The van der Waals surface area contributed by atoms with E-state index in [1.54, 1.807) is 0 Å². The molecule has 0 aliphatic carbocycles. The van der Waals surface area contributed by atoms with E-state index in [1.807, 2.05) is 42.5 Å². The van der Waals surface area contributed by atoms with Crippen LogP contribution in [0.2, 0.25) is 0 Å². The molecule has 0 aliphatic heterocycles. The van der Waals surface area contributed by atoms with Crippen LogP contribution < -0.4 is 4.90 Å². The molecule has 0 saturated carbocycles. The first-order chi connectivity index (χ1) is 26.8. The molecule has 3 heterocycles. The third kappa shape index (κ3) is 4.76. The first kappa shape index (κ1) is 30.3. The largest absolute Gasteiger partial charge is 0.456 e. The van der Waals surface area contributed by atoms with Gasteiger partial charge in [0.15, 0.2) is 5.58 Å². The van der Waals surface area contributed by atoms with Crippen molar-refractivity contribution in [1.82, 2.24) is 9.55 Å². The molecule has 0 radical (unpaired) electrons. The quantitative estimate of drug-likeness (QED) is 0.174. The highest BCUT2D eigenvalue weighted by atomic mass is 16.4. The third-order valence-electron chi connectivity index (χ3n) is 10.4. The highest BCUT2D eigenvalue weighted by Crippen LogP contribution is 2.44. The third-order valence-corrected chi connectivity index (χ3v) is 10.4. The maximum absolute atomic E-state index is 6.32. The van der Waals surface area contributed by atoms with Crippen LogP contribution in [0, 0.1) is 0 Å². The monoisotopic (exact) mass is 693 g/mol. The molecular formula is C49H31N3O2. The van der Waals surface area contributed by atoms with Gasteiger partial charge in [0, 0.05) is 38.8 Å². The van der Waals surface area contributed by atoms with Gasteiger partial charge < -0.3 is 18.3 Å². The number of fused-ring (bicyclic) bond motifs is 8. The Labute approximate surface area is 310 Å². The number of benzene rings is 8. The summed E-state index contributed by atoms with van der Waals surface area (Å²) in [5.41, 5.74) is 13.1. The summed E-state index contributed by atoms with van der Waals surface area (Å²) in [7, 11) is 0. The molecule has 3 aromatic heterocycles. The summed E-state index contributed by atoms with van der Waals surface area (Å²) in [4.78, 5) is 7.32. The van der Waals surface area contributed by atoms with Gasteiger partial charge in [0.05, 0.1) is 22.1 Å². The maximum Gasteiger partial charge on any atom is 0.227 e. The lowest BCUT2D eigenvalue weighted by Gasteiger charge is -2.26.